The Morgan fingerprint density at radius 3 is 2.52 bits per heavy atom. The Hall–Kier alpha value is -3.29. The molecule has 5 nitrogen and oxygen atoms in total. The van der Waals surface area contributed by atoms with Crippen LogP contribution >= 0.6 is 22.7 Å². The van der Waals surface area contributed by atoms with Gasteiger partial charge in [0.2, 0.25) is 5.78 Å². The molecule has 0 saturated carbocycles. The van der Waals surface area contributed by atoms with Gasteiger partial charge < -0.3 is 5.11 Å². The molecule has 5 rings (SSSR count). The Kier molecular flexibility index (Phi) is 4.72. The van der Waals surface area contributed by atoms with E-state index in [1.807, 2.05) is 56.3 Å². The molecule has 1 N–H and O–H groups in total. The van der Waals surface area contributed by atoms with Gasteiger partial charge >= 0.3 is 0 Å². The molecule has 1 aliphatic heterocycles. The summed E-state index contributed by atoms with van der Waals surface area (Å²) in [6.07, 6.45) is 0. The van der Waals surface area contributed by atoms with Crippen LogP contribution < -0.4 is 4.90 Å². The summed E-state index contributed by atoms with van der Waals surface area (Å²) in [6.45, 7) is 3.97. The van der Waals surface area contributed by atoms with Crippen molar-refractivity contribution in [2.75, 3.05) is 4.90 Å². The van der Waals surface area contributed by atoms with Crippen molar-refractivity contribution >= 4 is 49.7 Å². The van der Waals surface area contributed by atoms with Crippen molar-refractivity contribution in [3.05, 3.63) is 92.9 Å². The molecule has 0 aliphatic carbocycles. The molecule has 0 bridgehead atoms. The van der Waals surface area contributed by atoms with E-state index in [0.717, 1.165) is 26.9 Å². The van der Waals surface area contributed by atoms with Gasteiger partial charge in [-0.2, -0.15) is 0 Å². The highest BCUT2D eigenvalue weighted by Crippen LogP contribution is 2.44. The van der Waals surface area contributed by atoms with Crippen LogP contribution in [0.3, 0.4) is 0 Å². The molecule has 4 aromatic rings. The maximum Gasteiger partial charge on any atom is 0.296 e. The summed E-state index contributed by atoms with van der Waals surface area (Å²) < 4.78 is 0.947. The van der Waals surface area contributed by atoms with Gasteiger partial charge in [0, 0.05) is 0 Å². The first kappa shape index (κ1) is 19.7. The predicted octanol–water partition coefficient (Wildman–Crippen LogP) is 5.76. The fourth-order valence-electron chi connectivity index (χ4n) is 3.76. The molecule has 0 radical (unpaired) electrons. The van der Waals surface area contributed by atoms with Crippen molar-refractivity contribution in [3.8, 4) is 0 Å². The maximum atomic E-state index is 13.3. The zero-order valence-corrected chi connectivity index (χ0v) is 18.5. The lowest BCUT2D eigenvalue weighted by Gasteiger charge is -2.24. The molecule has 7 heteroatoms. The lowest BCUT2D eigenvalue weighted by Crippen LogP contribution is -2.30. The lowest BCUT2D eigenvalue weighted by atomic mass is 9.95. The van der Waals surface area contributed by atoms with Crippen molar-refractivity contribution in [1.29, 1.82) is 0 Å². The van der Waals surface area contributed by atoms with E-state index >= 15 is 0 Å². The molecule has 0 fully saturated rings. The van der Waals surface area contributed by atoms with E-state index in [0.29, 0.717) is 10.0 Å². The number of aryl methyl sites for hydroxylation is 2. The number of carbonyl (C=O) groups excluding carboxylic acids is 2. The number of anilines is 1. The van der Waals surface area contributed by atoms with E-state index in [1.165, 1.54) is 27.6 Å². The minimum Gasteiger partial charge on any atom is -0.503 e. The number of aliphatic hydroxyl groups is 1. The minimum absolute atomic E-state index is 0.0896. The van der Waals surface area contributed by atoms with E-state index in [1.54, 1.807) is 17.5 Å². The average molecular weight is 447 g/mol. The molecule has 0 spiro atoms. The Labute approximate surface area is 186 Å². The Bertz CT molecular complexity index is 1350. The highest BCUT2D eigenvalue weighted by atomic mass is 32.1. The summed E-state index contributed by atoms with van der Waals surface area (Å²) in [5.41, 5.74) is 3.78. The van der Waals surface area contributed by atoms with Crippen LogP contribution in [-0.4, -0.2) is 21.8 Å². The second kappa shape index (κ2) is 7.44. The third-order valence-electron chi connectivity index (χ3n) is 5.33. The molecular weight excluding hydrogens is 428 g/mol. The van der Waals surface area contributed by atoms with Crippen molar-refractivity contribution in [1.82, 2.24) is 4.98 Å². The molecule has 1 aliphatic rings. The summed E-state index contributed by atoms with van der Waals surface area (Å²) in [6, 6.07) is 16.3. The highest BCUT2D eigenvalue weighted by Gasteiger charge is 2.46. The highest BCUT2D eigenvalue weighted by molar-refractivity contribution is 7.22. The third-order valence-corrected chi connectivity index (χ3v) is 7.22. The first-order valence-electron chi connectivity index (χ1n) is 9.72. The van der Waals surface area contributed by atoms with Crippen LogP contribution in [0, 0.1) is 13.8 Å². The number of nitrogens with zero attached hydrogens (tertiary/aromatic N) is 2. The zero-order chi connectivity index (χ0) is 21.7. The molecule has 0 saturated heterocycles. The second-order valence-corrected chi connectivity index (χ2v) is 9.48. The first-order chi connectivity index (χ1) is 14.9. The number of thiazole rings is 1. The number of aromatic nitrogens is 1. The predicted molar refractivity (Wildman–Crippen MR) is 124 cm³/mol. The van der Waals surface area contributed by atoms with E-state index < -0.39 is 17.7 Å². The number of Topliss-reactive ketones (excluding diaryl/α,β-unsaturated/α-hetero) is 1. The summed E-state index contributed by atoms with van der Waals surface area (Å²) in [7, 11) is 0. The van der Waals surface area contributed by atoms with Gasteiger partial charge in [-0.05, 0) is 48.6 Å². The SMILES string of the molecule is Cc1ccc([C@H]2C(C(=O)c3cccs3)=C(O)C(=O)N2c2nc3ccc(C)cc3s2)cc1. The summed E-state index contributed by atoms with van der Waals surface area (Å²) >= 11 is 2.66. The van der Waals surface area contributed by atoms with Crippen LogP contribution in [0.1, 0.15) is 32.4 Å². The standard InChI is InChI=1S/C24H18N2O3S2/c1-13-5-8-15(9-6-13)20-19(21(27)17-4-3-11-30-17)22(28)23(29)26(20)24-25-16-10-7-14(2)12-18(16)31-24/h3-12,20,28H,1-2H3/t20-/m0/s1. The minimum atomic E-state index is -0.746. The number of carbonyl (C=O) groups is 2. The van der Waals surface area contributed by atoms with E-state index in [4.69, 9.17) is 0 Å². The van der Waals surface area contributed by atoms with Crippen molar-refractivity contribution in [2.45, 2.75) is 19.9 Å². The summed E-state index contributed by atoms with van der Waals surface area (Å²) in [4.78, 5) is 33.1. The van der Waals surface area contributed by atoms with Gasteiger partial charge in [-0.1, -0.05) is 53.3 Å². The molecule has 154 valence electrons. The fourth-order valence-corrected chi connectivity index (χ4v) is 5.53. The number of amides is 1. The molecular formula is C24H18N2O3S2. The Balaban J connectivity index is 1.68. The van der Waals surface area contributed by atoms with E-state index in [9.17, 15) is 14.7 Å². The molecule has 2 aromatic heterocycles. The second-order valence-electron chi connectivity index (χ2n) is 7.52. The van der Waals surface area contributed by atoms with E-state index in [2.05, 4.69) is 4.98 Å². The van der Waals surface area contributed by atoms with Crippen LogP contribution in [0.2, 0.25) is 0 Å². The normalized spacial score (nSPS) is 16.5. The van der Waals surface area contributed by atoms with Crippen molar-refractivity contribution in [3.63, 3.8) is 0 Å². The summed E-state index contributed by atoms with van der Waals surface area (Å²) in [5, 5.41) is 13.1. The average Bonchev–Trinajstić information content (AvgIpc) is 3.47. The molecule has 0 unspecified atom stereocenters. The van der Waals surface area contributed by atoms with Gasteiger partial charge in [0.25, 0.3) is 5.91 Å². The number of benzene rings is 2. The number of aliphatic hydroxyl groups excluding tert-OH is 1. The van der Waals surface area contributed by atoms with Gasteiger partial charge in [0.05, 0.1) is 26.7 Å². The smallest absolute Gasteiger partial charge is 0.296 e. The van der Waals surface area contributed by atoms with Gasteiger partial charge in [0.1, 0.15) is 0 Å². The monoisotopic (exact) mass is 446 g/mol. The van der Waals surface area contributed by atoms with Crippen LogP contribution in [0.4, 0.5) is 5.13 Å². The Morgan fingerprint density at radius 1 is 1.06 bits per heavy atom. The molecule has 3 heterocycles. The molecule has 31 heavy (non-hydrogen) atoms. The third kappa shape index (κ3) is 3.26. The van der Waals surface area contributed by atoms with Gasteiger partial charge in [-0.3, -0.25) is 14.5 Å². The van der Waals surface area contributed by atoms with Crippen LogP contribution in [0.25, 0.3) is 10.2 Å². The molecule has 1 atom stereocenters. The fraction of sp³-hybridized carbons (Fsp3) is 0.125. The first-order valence-corrected chi connectivity index (χ1v) is 11.4. The van der Waals surface area contributed by atoms with Crippen LogP contribution in [-0.2, 0) is 4.79 Å². The number of ketones is 1. The van der Waals surface area contributed by atoms with Crippen molar-refractivity contribution in [2.24, 2.45) is 0 Å². The van der Waals surface area contributed by atoms with Gasteiger partial charge in [-0.25, -0.2) is 4.98 Å². The number of fused-ring (bicyclic) bond motifs is 1. The molecule has 1 amide bonds. The zero-order valence-electron chi connectivity index (χ0n) is 16.8. The number of rotatable bonds is 4. The topological polar surface area (TPSA) is 70.5 Å². The van der Waals surface area contributed by atoms with Gasteiger partial charge in [0.15, 0.2) is 10.9 Å². The van der Waals surface area contributed by atoms with Gasteiger partial charge in [-0.15, -0.1) is 11.3 Å². The lowest BCUT2D eigenvalue weighted by molar-refractivity contribution is -0.117. The molecule has 2 aromatic carbocycles. The van der Waals surface area contributed by atoms with Crippen LogP contribution in [0.15, 0.2) is 71.3 Å². The largest absolute Gasteiger partial charge is 0.503 e. The van der Waals surface area contributed by atoms with E-state index in [-0.39, 0.29) is 11.4 Å². The summed E-state index contributed by atoms with van der Waals surface area (Å²) in [5.74, 6) is -1.47. The quantitative estimate of drug-likeness (QED) is 0.405. The number of hydrogen-bond acceptors (Lipinski definition) is 6. The Morgan fingerprint density at radius 2 is 1.81 bits per heavy atom. The number of thiophene rings is 1. The van der Waals surface area contributed by atoms with Crippen molar-refractivity contribution < 1.29 is 14.7 Å². The van der Waals surface area contributed by atoms with Crippen LogP contribution in [0.5, 0.6) is 0 Å². The number of hydrogen-bond donors (Lipinski definition) is 1. The maximum absolute atomic E-state index is 13.3.